The Hall–Kier alpha value is -1.79. The SMILES string of the molecule is CCOC(=O)[C@H]1[C@H](CCC2CCCCO2)NC[C@@H]1c1ccc2c(c1)OCO2. The molecule has 0 amide bonds. The quantitative estimate of drug-likeness (QED) is 0.771. The first-order valence-corrected chi connectivity index (χ1v) is 10.2. The van der Waals surface area contributed by atoms with Crippen molar-refractivity contribution in [1.82, 2.24) is 5.32 Å². The summed E-state index contributed by atoms with van der Waals surface area (Å²) in [5.74, 6) is 1.31. The minimum atomic E-state index is -0.186. The Bertz CT molecular complexity index is 658. The Kier molecular flexibility index (Phi) is 5.83. The number of benzene rings is 1. The zero-order chi connectivity index (χ0) is 18.6. The first-order chi connectivity index (χ1) is 13.3. The summed E-state index contributed by atoms with van der Waals surface area (Å²) in [6.07, 6.45) is 5.77. The van der Waals surface area contributed by atoms with Crippen LogP contribution < -0.4 is 14.8 Å². The van der Waals surface area contributed by atoms with E-state index in [9.17, 15) is 4.79 Å². The highest BCUT2D eigenvalue weighted by molar-refractivity contribution is 5.75. The molecule has 3 heterocycles. The molecule has 0 bridgehead atoms. The highest BCUT2D eigenvalue weighted by atomic mass is 16.7. The van der Waals surface area contributed by atoms with Crippen molar-refractivity contribution < 1.29 is 23.7 Å². The molecule has 1 unspecified atom stereocenters. The van der Waals surface area contributed by atoms with Crippen LogP contribution in [0.5, 0.6) is 11.5 Å². The Balaban J connectivity index is 1.48. The van der Waals surface area contributed by atoms with E-state index in [1.165, 1.54) is 6.42 Å². The van der Waals surface area contributed by atoms with Crippen LogP contribution in [-0.4, -0.2) is 44.7 Å². The fourth-order valence-corrected chi connectivity index (χ4v) is 4.53. The molecule has 0 aromatic heterocycles. The van der Waals surface area contributed by atoms with Gasteiger partial charge in [-0.25, -0.2) is 0 Å². The van der Waals surface area contributed by atoms with Crippen LogP contribution in [-0.2, 0) is 14.3 Å². The van der Waals surface area contributed by atoms with E-state index in [0.29, 0.717) is 12.7 Å². The van der Waals surface area contributed by atoms with Crippen LogP contribution in [0.4, 0.5) is 0 Å². The average Bonchev–Trinajstić information content (AvgIpc) is 3.33. The van der Waals surface area contributed by atoms with Gasteiger partial charge in [-0.05, 0) is 56.7 Å². The van der Waals surface area contributed by atoms with Crippen LogP contribution in [0.2, 0.25) is 0 Å². The van der Waals surface area contributed by atoms with Crippen molar-refractivity contribution in [3.8, 4) is 11.5 Å². The number of carbonyl (C=O) groups is 1. The summed E-state index contributed by atoms with van der Waals surface area (Å²) in [4.78, 5) is 12.8. The van der Waals surface area contributed by atoms with E-state index in [4.69, 9.17) is 18.9 Å². The van der Waals surface area contributed by atoms with E-state index in [-0.39, 0.29) is 30.6 Å². The van der Waals surface area contributed by atoms with Crippen molar-refractivity contribution >= 4 is 5.97 Å². The Morgan fingerprint density at radius 2 is 2.11 bits per heavy atom. The maximum atomic E-state index is 12.8. The third-order valence-electron chi connectivity index (χ3n) is 5.92. The molecule has 2 fully saturated rings. The monoisotopic (exact) mass is 375 g/mol. The molecule has 2 saturated heterocycles. The highest BCUT2D eigenvalue weighted by Gasteiger charge is 2.43. The summed E-state index contributed by atoms with van der Waals surface area (Å²) >= 11 is 0. The van der Waals surface area contributed by atoms with Crippen molar-refractivity contribution in [2.24, 2.45) is 5.92 Å². The number of fused-ring (bicyclic) bond motifs is 1. The van der Waals surface area contributed by atoms with Gasteiger partial charge in [0.05, 0.1) is 18.6 Å². The fourth-order valence-electron chi connectivity index (χ4n) is 4.53. The zero-order valence-corrected chi connectivity index (χ0v) is 15.9. The van der Waals surface area contributed by atoms with E-state index in [1.807, 2.05) is 25.1 Å². The standard InChI is InChI=1S/C21H29NO5/c1-2-24-21(23)20-16(14-6-9-18-19(11-14)27-13-26-18)12-22-17(20)8-7-15-5-3-4-10-25-15/h6,9,11,15-17,20,22H,2-5,7-8,10,12-13H2,1H3/t15?,16-,17+,20-/m1/s1. The number of nitrogens with one attached hydrogen (secondary N) is 1. The summed E-state index contributed by atoms with van der Waals surface area (Å²) in [6.45, 7) is 4.15. The smallest absolute Gasteiger partial charge is 0.311 e. The summed E-state index contributed by atoms with van der Waals surface area (Å²) < 4.78 is 22.2. The number of rotatable bonds is 6. The second-order valence-corrected chi connectivity index (χ2v) is 7.58. The predicted octanol–water partition coefficient (Wildman–Crippen LogP) is 3.00. The summed E-state index contributed by atoms with van der Waals surface area (Å²) in [5.41, 5.74) is 1.10. The molecule has 0 saturated carbocycles. The van der Waals surface area contributed by atoms with E-state index >= 15 is 0 Å². The van der Waals surface area contributed by atoms with Crippen LogP contribution in [0.3, 0.4) is 0 Å². The Labute approximate surface area is 160 Å². The molecular weight excluding hydrogens is 346 g/mol. The summed E-state index contributed by atoms with van der Waals surface area (Å²) in [6, 6.07) is 6.10. The van der Waals surface area contributed by atoms with Crippen LogP contribution in [0.1, 0.15) is 50.5 Å². The lowest BCUT2D eigenvalue weighted by atomic mass is 9.83. The maximum Gasteiger partial charge on any atom is 0.311 e. The van der Waals surface area contributed by atoms with E-state index in [2.05, 4.69) is 5.32 Å². The Morgan fingerprint density at radius 1 is 1.22 bits per heavy atom. The molecule has 3 aliphatic heterocycles. The van der Waals surface area contributed by atoms with E-state index in [1.54, 1.807) is 0 Å². The number of ether oxygens (including phenoxy) is 4. The molecule has 6 nitrogen and oxygen atoms in total. The highest BCUT2D eigenvalue weighted by Crippen LogP contribution is 2.40. The van der Waals surface area contributed by atoms with Crippen molar-refractivity contribution in [3.63, 3.8) is 0 Å². The van der Waals surface area contributed by atoms with Gasteiger partial charge in [0.2, 0.25) is 6.79 Å². The molecule has 3 aliphatic rings. The van der Waals surface area contributed by atoms with Gasteiger partial charge < -0.3 is 24.3 Å². The van der Waals surface area contributed by atoms with Crippen LogP contribution in [0, 0.1) is 5.92 Å². The minimum Gasteiger partial charge on any atom is -0.466 e. The van der Waals surface area contributed by atoms with Gasteiger partial charge in [0, 0.05) is 25.1 Å². The minimum absolute atomic E-state index is 0.0795. The fraction of sp³-hybridized carbons (Fsp3) is 0.667. The first-order valence-electron chi connectivity index (χ1n) is 10.2. The molecule has 0 radical (unpaired) electrons. The molecule has 1 aromatic carbocycles. The Morgan fingerprint density at radius 3 is 2.93 bits per heavy atom. The number of hydrogen-bond acceptors (Lipinski definition) is 6. The van der Waals surface area contributed by atoms with Gasteiger partial charge >= 0.3 is 5.97 Å². The largest absolute Gasteiger partial charge is 0.466 e. The van der Waals surface area contributed by atoms with E-state index in [0.717, 1.165) is 55.9 Å². The molecule has 6 heteroatoms. The topological polar surface area (TPSA) is 66.0 Å². The van der Waals surface area contributed by atoms with Gasteiger partial charge in [-0.3, -0.25) is 4.79 Å². The third-order valence-corrected chi connectivity index (χ3v) is 5.92. The van der Waals surface area contributed by atoms with Crippen molar-refractivity contribution in [1.29, 1.82) is 0 Å². The van der Waals surface area contributed by atoms with Gasteiger partial charge in [0.1, 0.15) is 0 Å². The molecule has 0 spiro atoms. The molecule has 4 atom stereocenters. The van der Waals surface area contributed by atoms with Gasteiger partial charge in [-0.15, -0.1) is 0 Å². The number of hydrogen-bond donors (Lipinski definition) is 1. The van der Waals surface area contributed by atoms with Crippen molar-refractivity contribution in [2.45, 2.75) is 57.1 Å². The molecule has 27 heavy (non-hydrogen) atoms. The van der Waals surface area contributed by atoms with Crippen molar-refractivity contribution in [3.05, 3.63) is 23.8 Å². The molecule has 1 N–H and O–H groups in total. The molecular formula is C21H29NO5. The van der Waals surface area contributed by atoms with Gasteiger partial charge in [0.15, 0.2) is 11.5 Å². The second kappa shape index (κ2) is 8.48. The third kappa shape index (κ3) is 4.06. The normalized spacial score (nSPS) is 29.7. The number of carbonyl (C=O) groups excluding carboxylic acids is 1. The molecule has 4 rings (SSSR count). The maximum absolute atomic E-state index is 12.8. The zero-order valence-electron chi connectivity index (χ0n) is 15.9. The predicted molar refractivity (Wildman–Crippen MR) is 100 cm³/mol. The lowest BCUT2D eigenvalue weighted by Gasteiger charge is -2.26. The van der Waals surface area contributed by atoms with Gasteiger partial charge in [-0.2, -0.15) is 0 Å². The molecule has 1 aromatic rings. The van der Waals surface area contributed by atoms with E-state index < -0.39 is 0 Å². The van der Waals surface area contributed by atoms with Gasteiger partial charge in [0.25, 0.3) is 0 Å². The molecule has 148 valence electrons. The number of esters is 1. The first kappa shape index (κ1) is 18.6. The summed E-state index contributed by atoms with van der Waals surface area (Å²) in [7, 11) is 0. The molecule has 0 aliphatic carbocycles. The van der Waals surface area contributed by atoms with Crippen LogP contribution >= 0.6 is 0 Å². The van der Waals surface area contributed by atoms with Crippen LogP contribution in [0.15, 0.2) is 18.2 Å². The average molecular weight is 375 g/mol. The summed E-state index contributed by atoms with van der Waals surface area (Å²) in [5, 5.41) is 3.57. The van der Waals surface area contributed by atoms with Crippen molar-refractivity contribution in [2.75, 3.05) is 26.6 Å². The van der Waals surface area contributed by atoms with Gasteiger partial charge in [-0.1, -0.05) is 6.07 Å². The second-order valence-electron chi connectivity index (χ2n) is 7.58. The lowest BCUT2D eigenvalue weighted by Crippen LogP contribution is -2.35. The van der Waals surface area contributed by atoms with Crippen LogP contribution in [0.25, 0.3) is 0 Å². The lowest BCUT2D eigenvalue weighted by molar-refractivity contribution is -0.149.